The molecule has 114 valence electrons. The maximum atomic E-state index is 12.1. The minimum atomic E-state index is -1.09. The van der Waals surface area contributed by atoms with Gasteiger partial charge in [0.1, 0.15) is 0 Å². The number of amides is 1. The van der Waals surface area contributed by atoms with E-state index in [1.165, 1.54) is 24.0 Å². The van der Waals surface area contributed by atoms with E-state index in [0.29, 0.717) is 5.69 Å². The summed E-state index contributed by atoms with van der Waals surface area (Å²) < 4.78 is 0. The molecule has 1 aromatic carbocycles. The predicted molar refractivity (Wildman–Crippen MR) is 77.6 cm³/mol. The van der Waals surface area contributed by atoms with Crippen molar-refractivity contribution in [3.8, 4) is 0 Å². The third-order valence-corrected chi connectivity index (χ3v) is 3.23. The van der Waals surface area contributed by atoms with Crippen LogP contribution in [0.3, 0.4) is 0 Å². The highest BCUT2D eigenvalue weighted by molar-refractivity contribution is 5.96. The maximum absolute atomic E-state index is 12.1. The van der Waals surface area contributed by atoms with Gasteiger partial charge in [0.25, 0.3) is 0 Å². The fraction of sp³-hybridized carbons (Fsp3) is 0.400. The van der Waals surface area contributed by atoms with Crippen LogP contribution in [0.1, 0.15) is 36.2 Å². The highest BCUT2D eigenvalue weighted by Gasteiger charge is 2.23. The Morgan fingerprint density at radius 1 is 1.24 bits per heavy atom. The zero-order valence-corrected chi connectivity index (χ0v) is 12.3. The first-order valence-corrected chi connectivity index (χ1v) is 6.65. The molecular formula is C15H19NO5. The molecular weight excluding hydrogens is 274 g/mol. The summed E-state index contributed by atoms with van der Waals surface area (Å²) in [4.78, 5) is 35.5. The molecule has 21 heavy (non-hydrogen) atoms. The fourth-order valence-corrected chi connectivity index (χ4v) is 1.91. The number of aliphatic carboxylic acids is 1. The van der Waals surface area contributed by atoms with Crippen LogP contribution in [0.4, 0.5) is 5.69 Å². The Morgan fingerprint density at radius 3 is 2.33 bits per heavy atom. The molecule has 0 aliphatic carbocycles. The molecule has 0 spiro atoms. The quantitative estimate of drug-likeness (QED) is 0.838. The van der Waals surface area contributed by atoms with Gasteiger partial charge in [0.15, 0.2) is 0 Å². The first kappa shape index (κ1) is 16.7. The predicted octanol–water partition coefficient (Wildman–Crippen LogP) is 2.16. The number of anilines is 1. The Balaban J connectivity index is 3.25. The van der Waals surface area contributed by atoms with Crippen molar-refractivity contribution in [2.75, 3.05) is 11.4 Å². The van der Waals surface area contributed by atoms with Crippen LogP contribution >= 0.6 is 0 Å². The van der Waals surface area contributed by atoms with E-state index >= 15 is 0 Å². The number of rotatable bonds is 6. The third kappa shape index (κ3) is 4.05. The van der Waals surface area contributed by atoms with Crippen molar-refractivity contribution in [1.82, 2.24) is 0 Å². The molecule has 0 saturated heterocycles. The van der Waals surface area contributed by atoms with Crippen molar-refractivity contribution >= 4 is 23.5 Å². The molecule has 2 N–H and O–H groups in total. The van der Waals surface area contributed by atoms with E-state index in [1.807, 2.05) is 0 Å². The van der Waals surface area contributed by atoms with E-state index < -0.39 is 17.9 Å². The second kappa shape index (κ2) is 6.88. The van der Waals surface area contributed by atoms with E-state index in [9.17, 15) is 14.4 Å². The molecule has 1 amide bonds. The zero-order chi connectivity index (χ0) is 16.2. The summed E-state index contributed by atoms with van der Waals surface area (Å²) in [7, 11) is 0. The highest BCUT2D eigenvalue weighted by Crippen LogP contribution is 2.24. The van der Waals surface area contributed by atoms with E-state index in [0.717, 1.165) is 5.56 Å². The van der Waals surface area contributed by atoms with Gasteiger partial charge in [0.05, 0.1) is 11.5 Å². The highest BCUT2D eigenvalue weighted by atomic mass is 16.4. The average Bonchev–Trinajstić information content (AvgIpc) is 2.44. The van der Waals surface area contributed by atoms with Crippen LogP contribution in [0.15, 0.2) is 18.2 Å². The number of benzene rings is 1. The number of carbonyl (C=O) groups excluding carboxylic acids is 1. The molecule has 6 heteroatoms. The van der Waals surface area contributed by atoms with Gasteiger partial charge < -0.3 is 15.1 Å². The normalized spacial score (nSPS) is 11.8. The van der Waals surface area contributed by atoms with Crippen LogP contribution in [-0.4, -0.2) is 34.6 Å². The van der Waals surface area contributed by atoms with E-state index in [4.69, 9.17) is 10.2 Å². The Bertz CT molecular complexity index is 567. The molecule has 1 atom stereocenters. The molecule has 0 aliphatic rings. The van der Waals surface area contributed by atoms with Crippen molar-refractivity contribution in [3.05, 3.63) is 29.3 Å². The maximum Gasteiger partial charge on any atom is 0.335 e. The number of nitrogens with zero attached hydrogens (tertiary/aromatic N) is 1. The van der Waals surface area contributed by atoms with Crippen LogP contribution in [-0.2, 0) is 9.59 Å². The van der Waals surface area contributed by atoms with Gasteiger partial charge >= 0.3 is 11.9 Å². The Morgan fingerprint density at radius 2 is 1.86 bits per heavy atom. The Labute approximate surface area is 123 Å². The van der Waals surface area contributed by atoms with Crippen LogP contribution in [0, 0.1) is 12.8 Å². The first-order chi connectivity index (χ1) is 9.77. The standard InChI is InChI=1S/C15H19NO5/c1-4-13(17)16(8-10(3)14(18)19)12-7-11(15(20)21)6-5-9(12)2/h5-7,10H,4,8H2,1-3H3,(H,18,19)(H,20,21). The lowest BCUT2D eigenvalue weighted by molar-refractivity contribution is -0.140. The number of aromatic carboxylic acids is 1. The topological polar surface area (TPSA) is 94.9 Å². The lowest BCUT2D eigenvalue weighted by Crippen LogP contribution is -2.37. The van der Waals surface area contributed by atoms with Gasteiger partial charge in [-0.2, -0.15) is 0 Å². The van der Waals surface area contributed by atoms with Crippen molar-refractivity contribution in [3.63, 3.8) is 0 Å². The zero-order valence-electron chi connectivity index (χ0n) is 12.3. The number of carbonyl (C=O) groups is 3. The van der Waals surface area contributed by atoms with E-state index in [2.05, 4.69) is 0 Å². The number of carboxylic acids is 2. The molecule has 0 fully saturated rings. The second-order valence-electron chi connectivity index (χ2n) is 4.90. The minimum absolute atomic E-state index is 0.00587. The Kier molecular flexibility index (Phi) is 5.46. The molecule has 1 aromatic rings. The Hall–Kier alpha value is -2.37. The second-order valence-corrected chi connectivity index (χ2v) is 4.90. The molecule has 0 saturated carbocycles. The first-order valence-electron chi connectivity index (χ1n) is 6.65. The van der Waals surface area contributed by atoms with Gasteiger partial charge in [-0.25, -0.2) is 4.79 Å². The smallest absolute Gasteiger partial charge is 0.335 e. The molecule has 0 bridgehead atoms. The number of aryl methyl sites for hydroxylation is 1. The summed E-state index contributed by atoms with van der Waals surface area (Å²) in [5.41, 5.74) is 1.22. The molecule has 1 rings (SSSR count). The van der Waals surface area contributed by atoms with Crippen molar-refractivity contribution in [1.29, 1.82) is 0 Å². The molecule has 0 radical (unpaired) electrons. The van der Waals surface area contributed by atoms with Crippen molar-refractivity contribution in [2.45, 2.75) is 27.2 Å². The van der Waals surface area contributed by atoms with E-state index in [-0.39, 0.29) is 24.4 Å². The van der Waals surface area contributed by atoms with Gasteiger partial charge in [-0.1, -0.05) is 19.9 Å². The lowest BCUT2D eigenvalue weighted by Gasteiger charge is -2.26. The number of hydrogen-bond donors (Lipinski definition) is 2. The molecule has 1 unspecified atom stereocenters. The molecule has 0 aliphatic heterocycles. The average molecular weight is 293 g/mol. The van der Waals surface area contributed by atoms with Crippen LogP contribution in [0.2, 0.25) is 0 Å². The minimum Gasteiger partial charge on any atom is -0.481 e. The summed E-state index contributed by atoms with van der Waals surface area (Å²) in [5.74, 6) is -3.08. The number of carboxylic acid groups (broad SMARTS) is 2. The van der Waals surface area contributed by atoms with Gasteiger partial charge in [-0.05, 0) is 24.6 Å². The summed E-state index contributed by atoms with van der Waals surface area (Å²) in [5, 5.41) is 18.1. The largest absolute Gasteiger partial charge is 0.481 e. The summed E-state index contributed by atoms with van der Waals surface area (Å²) in [6, 6.07) is 4.47. The summed E-state index contributed by atoms with van der Waals surface area (Å²) in [6.07, 6.45) is 0.211. The van der Waals surface area contributed by atoms with Crippen molar-refractivity contribution in [2.24, 2.45) is 5.92 Å². The SMILES string of the molecule is CCC(=O)N(CC(C)C(=O)O)c1cc(C(=O)O)ccc1C. The van der Waals surface area contributed by atoms with Crippen LogP contribution < -0.4 is 4.90 Å². The van der Waals surface area contributed by atoms with Gasteiger partial charge in [-0.15, -0.1) is 0 Å². The third-order valence-electron chi connectivity index (χ3n) is 3.23. The molecule has 0 heterocycles. The van der Waals surface area contributed by atoms with Gasteiger partial charge in [0, 0.05) is 18.7 Å². The van der Waals surface area contributed by atoms with Crippen LogP contribution in [0.5, 0.6) is 0 Å². The lowest BCUT2D eigenvalue weighted by atomic mass is 10.1. The van der Waals surface area contributed by atoms with Crippen LogP contribution in [0.25, 0.3) is 0 Å². The van der Waals surface area contributed by atoms with Crippen molar-refractivity contribution < 1.29 is 24.6 Å². The fourth-order valence-electron chi connectivity index (χ4n) is 1.91. The van der Waals surface area contributed by atoms with Gasteiger partial charge in [0.2, 0.25) is 5.91 Å². The molecule has 6 nitrogen and oxygen atoms in total. The number of hydrogen-bond acceptors (Lipinski definition) is 3. The summed E-state index contributed by atoms with van der Waals surface area (Å²) in [6.45, 7) is 4.94. The van der Waals surface area contributed by atoms with E-state index in [1.54, 1.807) is 19.9 Å². The molecule has 0 aromatic heterocycles. The summed E-state index contributed by atoms with van der Waals surface area (Å²) >= 11 is 0. The monoisotopic (exact) mass is 293 g/mol. The van der Waals surface area contributed by atoms with Gasteiger partial charge in [-0.3, -0.25) is 9.59 Å².